The summed E-state index contributed by atoms with van der Waals surface area (Å²) in [6.07, 6.45) is 3.72. The van der Waals surface area contributed by atoms with Crippen LogP contribution in [0, 0.1) is 0 Å². The summed E-state index contributed by atoms with van der Waals surface area (Å²) in [5.41, 5.74) is 2.37. The Bertz CT molecular complexity index is 550. The molecular weight excluding hydrogens is 284 g/mol. The molecule has 3 rings (SSSR count). The molecule has 3 heterocycles. The van der Waals surface area contributed by atoms with Crippen molar-refractivity contribution >= 4 is 11.6 Å². The molecule has 1 saturated heterocycles. The van der Waals surface area contributed by atoms with Gasteiger partial charge in [0.05, 0.1) is 5.69 Å². The molecule has 0 aromatic carbocycles. The van der Waals surface area contributed by atoms with Gasteiger partial charge in [-0.1, -0.05) is 23.7 Å². The van der Waals surface area contributed by atoms with Crippen LogP contribution >= 0.6 is 11.6 Å². The first-order valence-electron chi connectivity index (χ1n) is 7.25. The number of halogens is 1. The monoisotopic (exact) mass is 302 g/mol. The Kier molecular flexibility index (Phi) is 4.80. The number of hydrogen-bond donors (Lipinski definition) is 0. The summed E-state index contributed by atoms with van der Waals surface area (Å²) in [5, 5.41) is 0.555. The van der Waals surface area contributed by atoms with Crippen LogP contribution in [0.5, 0.6) is 0 Å². The van der Waals surface area contributed by atoms with E-state index in [0.717, 1.165) is 45.0 Å². The summed E-state index contributed by atoms with van der Waals surface area (Å²) in [4.78, 5) is 13.4. The van der Waals surface area contributed by atoms with Gasteiger partial charge in [0.15, 0.2) is 0 Å². The lowest BCUT2D eigenvalue weighted by molar-refractivity contribution is 0.121. The molecule has 0 bridgehead atoms. The van der Waals surface area contributed by atoms with E-state index in [-0.39, 0.29) is 0 Å². The SMILES string of the molecule is Clc1ccc(CN2CCN(Cc3ccccn3)CC2)cn1. The lowest BCUT2D eigenvalue weighted by Gasteiger charge is -2.34. The largest absolute Gasteiger partial charge is 0.296 e. The van der Waals surface area contributed by atoms with E-state index in [1.54, 1.807) is 0 Å². The second-order valence-corrected chi connectivity index (χ2v) is 5.75. The highest BCUT2D eigenvalue weighted by Gasteiger charge is 2.17. The summed E-state index contributed by atoms with van der Waals surface area (Å²) < 4.78 is 0. The first-order valence-corrected chi connectivity index (χ1v) is 7.62. The Morgan fingerprint density at radius 2 is 1.67 bits per heavy atom. The van der Waals surface area contributed by atoms with Gasteiger partial charge in [-0.15, -0.1) is 0 Å². The number of rotatable bonds is 4. The molecule has 0 N–H and O–H groups in total. The molecule has 1 aliphatic heterocycles. The molecule has 0 amide bonds. The first kappa shape index (κ1) is 14.4. The van der Waals surface area contributed by atoms with Gasteiger partial charge in [0.2, 0.25) is 0 Å². The van der Waals surface area contributed by atoms with E-state index in [9.17, 15) is 0 Å². The van der Waals surface area contributed by atoms with Gasteiger partial charge in [-0.05, 0) is 23.8 Å². The van der Waals surface area contributed by atoms with E-state index in [4.69, 9.17) is 11.6 Å². The molecule has 110 valence electrons. The molecule has 0 aliphatic carbocycles. The molecule has 0 atom stereocenters. The van der Waals surface area contributed by atoms with Gasteiger partial charge in [0.25, 0.3) is 0 Å². The van der Waals surface area contributed by atoms with Crippen LogP contribution in [-0.2, 0) is 13.1 Å². The van der Waals surface area contributed by atoms with Crippen LogP contribution in [0.15, 0.2) is 42.7 Å². The average molecular weight is 303 g/mol. The molecule has 0 spiro atoms. The molecule has 2 aromatic heterocycles. The van der Waals surface area contributed by atoms with E-state index in [1.165, 1.54) is 5.56 Å². The smallest absolute Gasteiger partial charge is 0.129 e. The highest BCUT2D eigenvalue weighted by molar-refractivity contribution is 6.29. The summed E-state index contributed by atoms with van der Waals surface area (Å²) in [5.74, 6) is 0. The quantitative estimate of drug-likeness (QED) is 0.812. The Morgan fingerprint density at radius 3 is 2.29 bits per heavy atom. The third-order valence-electron chi connectivity index (χ3n) is 3.77. The zero-order chi connectivity index (χ0) is 14.5. The first-order chi connectivity index (χ1) is 10.3. The van der Waals surface area contributed by atoms with Crippen molar-refractivity contribution in [3.05, 3.63) is 59.1 Å². The van der Waals surface area contributed by atoms with Gasteiger partial charge in [-0.3, -0.25) is 14.8 Å². The third-order valence-corrected chi connectivity index (χ3v) is 4.00. The van der Waals surface area contributed by atoms with Crippen molar-refractivity contribution in [2.45, 2.75) is 13.1 Å². The Labute approximate surface area is 130 Å². The zero-order valence-corrected chi connectivity index (χ0v) is 12.7. The van der Waals surface area contributed by atoms with Crippen molar-refractivity contribution in [2.24, 2.45) is 0 Å². The maximum Gasteiger partial charge on any atom is 0.129 e. The fourth-order valence-electron chi connectivity index (χ4n) is 2.58. The Balaban J connectivity index is 1.47. The minimum Gasteiger partial charge on any atom is -0.296 e. The summed E-state index contributed by atoms with van der Waals surface area (Å²) >= 11 is 5.81. The molecular formula is C16H19ClN4. The standard InChI is InChI=1S/C16H19ClN4/c17-16-5-4-14(11-19-16)12-20-7-9-21(10-8-20)13-15-3-1-2-6-18-15/h1-6,11H,7-10,12-13H2. The van der Waals surface area contributed by atoms with Crippen molar-refractivity contribution in [1.29, 1.82) is 0 Å². The van der Waals surface area contributed by atoms with Crippen LogP contribution in [-0.4, -0.2) is 45.9 Å². The van der Waals surface area contributed by atoms with Crippen LogP contribution in [0.4, 0.5) is 0 Å². The van der Waals surface area contributed by atoms with Crippen molar-refractivity contribution in [3.63, 3.8) is 0 Å². The second-order valence-electron chi connectivity index (χ2n) is 5.36. The van der Waals surface area contributed by atoms with E-state index in [0.29, 0.717) is 5.15 Å². The van der Waals surface area contributed by atoms with E-state index in [1.807, 2.05) is 30.6 Å². The molecule has 1 fully saturated rings. The number of hydrogen-bond acceptors (Lipinski definition) is 4. The highest BCUT2D eigenvalue weighted by Crippen LogP contribution is 2.11. The van der Waals surface area contributed by atoms with Crippen molar-refractivity contribution in [3.8, 4) is 0 Å². The Hall–Kier alpha value is -1.49. The maximum atomic E-state index is 5.81. The van der Waals surface area contributed by atoms with E-state index >= 15 is 0 Å². The summed E-state index contributed by atoms with van der Waals surface area (Å²) in [6, 6.07) is 10.0. The minimum atomic E-state index is 0.555. The molecule has 4 nitrogen and oxygen atoms in total. The fraction of sp³-hybridized carbons (Fsp3) is 0.375. The van der Waals surface area contributed by atoms with Crippen LogP contribution < -0.4 is 0 Å². The number of nitrogens with zero attached hydrogens (tertiary/aromatic N) is 4. The molecule has 2 aromatic rings. The molecule has 21 heavy (non-hydrogen) atoms. The van der Waals surface area contributed by atoms with Crippen LogP contribution in [0.3, 0.4) is 0 Å². The zero-order valence-electron chi connectivity index (χ0n) is 12.0. The topological polar surface area (TPSA) is 32.3 Å². The number of aromatic nitrogens is 2. The lowest BCUT2D eigenvalue weighted by Crippen LogP contribution is -2.45. The highest BCUT2D eigenvalue weighted by atomic mass is 35.5. The predicted molar refractivity (Wildman–Crippen MR) is 84.0 cm³/mol. The van der Waals surface area contributed by atoms with Gasteiger partial charge in [0, 0.05) is 51.7 Å². The molecule has 5 heteroatoms. The van der Waals surface area contributed by atoms with Gasteiger partial charge in [-0.2, -0.15) is 0 Å². The maximum absolute atomic E-state index is 5.81. The van der Waals surface area contributed by atoms with Crippen LogP contribution in [0.2, 0.25) is 5.15 Å². The molecule has 1 aliphatic rings. The third kappa shape index (κ3) is 4.24. The van der Waals surface area contributed by atoms with Crippen molar-refractivity contribution in [2.75, 3.05) is 26.2 Å². The summed E-state index contributed by atoms with van der Waals surface area (Å²) in [7, 11) is 0. The molecule has 0 unspecified atom stereocenters. The predicted octanol–water partition coefficient (Wildman–Crippen LogP) is 2.45. The fourth-order valence-corrected chi connectivity index (χ4v) is 2.70. The minimum absolute atomic E-state index is 0.555. The van der Waals surface area contributed by atoms with Gasteiger partial charge < -0.3 is 0 Å². The molecule has 0 saturated carbocycles. The number of piperazine rings is 1. The van der Waals surface area contributed by atoms with Crippen molar-refractivity contribution < 1.29 is 0 Å². The van der Waals surface area contributed by atoms with Crippen molar-refractivity contribution in [1.82, 2.24) is 19.8 Å². The summed E-state index contributed by atoms with van der Waals surface area (Å²) in [6.45, 7) is 6.21. The van der Waals surface area contributed by atoms with E-state index in [2.05, 4.69) is 31.9 Å². The van der Waals surface area contributed by atoms with Gasteiger partial charge in [0.1, 0.15) is 5.15 Å². The lowest BCUT2D eigenvalue weighted by atomic mass is 10.2. The van der Waals surface area contributed by atoms with Crippen LogP contribution in [0.25, 0.3) is 0 Å². The second kappa shape index (κ2) is 6.98. The average Bonchev–Trinajstić information content (AvgIpc) is 2.53. The number of pyridine rings is 2. The van der Waals surface area contributed by atoms with Gasteiger partial charge in [-0.25, -0.2) is 4.98 Å². The van der Waals surface area contributed by atoms with E-state index < -0.39 is 0 Å². The van der Waals surface area contributed by atoms with Crippen LogP contribution in [0.1, 0.15) is 11.3 Å². The normalized spacial score (nSPS) is 17.0. The molecule has 0 radical (unpaired) electrons. The van der Waals surface area contributed by atoms with Gasteiger partial charge >= 0.3 is 0 Å². The Morgan fingerprint density at radius 1 is 0.905 bits per heavy atom.